The van der Waals surface area contributed by atoms with Gasteiger partial charge in [0.15, 0.2) is 0 Å². The van der Waals surface area contributed by atoms with E-state index in [1.54, 1.807) is 11.8 Å². The van der Waals surface area contributed by atoms with Crippen LogP contribution < -0.4 is 88.7 Å². The Morgan fingerprint density at radius 3 is 1.15 bits per heavy atom. The Bertz CT molecular complexity index is 2050. The fourth-order valence-electron chi connectivity index (χ4n) is 7.51. The van der Waals surface area contributed by atoms with E-state index in [0.29, 0.717) is 9.80 Å². The highest BCUT2D eigenvalue weighted by atomic mass is 31.2. The number of amides is 5. The average Bonchev–Trinajstić information content (AvgIpc) is 3.32. The molecular formula is C43H65N13O24P-10. The standard InChI is InChI=1S/C43H75N13O24P/c1-27(55(12-8-51(18-34(60)61)19-35(62)63)13-9-52(20-36(64)65)21-37(66)67)2-3-30(57)47-16-28(45)42(76)46-7-6-32(59)50-29(43(77)49-26-44)17-48-31(58)4-5-33(81(78,79)80)56(14-10-53(22-38(68)69)23-39(70)71)15-11-54(24-40(72)73)25-41(74)75/h27-29,33,45H,2-26,44H2,1H3,(H,46,76)(H,47,57)(H,48,58)(H,49,77)(H,50,59)(H,60,61)(H,62,63)(H,64,65)(H,66,67)(H,68,69)(H,70,71)(H,72,73)(H,74,75)(H2,78,79,80)/p-10. The lowest BCUT2D eigenvalue weighted by molar-refractivity contribution is -0.321. The second-order valence-electron chi connectivity index (χ2n) is 17.9. The Morgan fingerprint density at radius 2 is 0.802 bits per heavy atom. The Labute approximate surface area is 463 Å². The van der Waals surface area contributed by atoms with Gasteiger partial charge in [-0.2, -0.15) is 0 Å². The molecule has 5 amide bonds. The van der Waals surface area contributed by atoms with Crippen LogP contribution in [0.2, 0.25) is 0 Å². The van der Waals surface area contributed by atoms with Crippen LogP contribution in [0.3, 0.4) is 0 Å². The van der Waals surface area contributed by atoms with Gasteiger partial charge in [-0.1, -0.05) is 0 Å². The van der Waals surface area contributed by atoms with Crippen molar-refractivity contribution in [3.8, 4) is 0 Å². The molecule has 0 aliphatic heterocycles. The van der Waals surface area contributed by atoms with E-state index in [-0.39, 0.29) is 39.0 Å². The molecule has 0 spiro atoms. The molecule has 0 aromatic carbocycles. The van der Waals surface area contributed by atoms with Crippen molar-refractivity contribution < 1.29 is 118 Å². The summed E-state index contributed by atoms with van der Waals surface area (Å²) in [5.41, 5.74) is 13.5. The summed E-state index contributed by atoms with van der Waals surface area (Å²) < 4.78 is 12.6. The summed E-state index contributed by atoms with van der Waals surface area (Å²) in [6.07, 6.45) is -2.40. The normalized spacial score (nSPS) is 13.1. The van der Waals surface area contributed by atoms with Gasteiger partial charge in [0, 0.05) is 155 Å². The zero-order valence-electron chi connectivity index (χ0n) is 44.0. The molecule has 0 saturated heterocycles. The number of hydrogen-bond donors (Lipinski definition) is 6. The molecule has 0 aliphatic carbocycles. The van der Waals surface area contributed by atoms with Gasteiger partial charge in [0.2, 0.25) is 29.5 Å². The summed E-state index contributed by atoms with van der Waals surface area (Å²) in [5.74, 6) is -20.2. The van der Waals surface area contributed by atoms with Gasteiger partial charge < -0.3 is 126 Å². The summed E-state index contributed by atoms with van der Waals surface area (Å²) in [6, 6.07) is -3.80. The molecule has 1 radical (unpaired) electrons. The third kappa shape index (κ3) is 36.8. The van der Waals surface area contributed by atoms with Crippen LogP contribution in [0.25, 0.3) is 0 Å². The summed E-state index contributed by atoms with van der Waals surface area (Å²) in [5, 5.41) is 101. The van der Waals surface area contributed by atoms with Crippen molar-refractivity contribution in [2.45, 2.75) is 62.9 Å². The van der Waals surface area contributed by atoms with E-state index in [1.807, 2.05) is 0 Å². The van der Waals surface area contributed by atoms with Crippen LogP contribution in [0.1, 0.15) is 39.0 Å². The molecule has 4 atom stereocenters. The van der Waals surface area contributed by atoms with Crippen LogP contribution in [0, 0.1) is 0 Å². The molecule has 0 aliphatic rings. The second-order valence-corrected chi connectivity index (χ2v) is 19.6. The van der Waals surface area contributed by atoms with E-state index in [0.717, 1.165) is 14.7 Å². The number of nitrogens with two attached hydrogens (primary N) is 1. The number of carbonyl (C=O) groups is 13. The van der Waals surface area contributed by atoms with Crippen molar-refractivity contribution in [1.29, 1.82) is 0 Å². The molecule has 0 heterocycles. The van der Waals surface area contributed by atoms with E-state index in [9.17, 15) is 118 Å². The molecule has 0 bridgehead atoms. The van der Waals surface area contributed by atoms with Crippen LogP contribution >= 0.6 is 7.60 Å². The van der Waals surface area contributed by atoms with Gasteiger partial charge in [-0.3, -0.25) is 53.4 Å². The molecule has 8 N–H and O–H groups in total. The first-order valence-electron chi connectivity index (χ1n) is 24.5. The van der Waals surface area contributed by atoms with Crippen molar-refractivity contribution >= 4 is 84.9 Å². The van der Waals surface area contributed by atoms with Crippen molar-refractivity contribution in [3.05, 3.63) is 0 Å². The lowest BCUT2D eigenvalue weighted by Gasteiger charge is -2.46. The molecule has 37 nitrogen and oxygen atoms in total. The molecule has 0 fully saturated rings. The second kappa shape index (κ2) is 39.4. The number of carboxylic acids is 8. The highest BCUT2D eigenvalue weighted by Gasteiger charge is 2.27. The van der Waals surface area contributed by atoms with E-state index >= 15 is 0 Å². The Morgan fingerprint density at radius 1 is 0.457 bits per heavy atom. The minimum Gasteiger partial charge on any atom is -0.810 e. The zero-order chi connectivity index (χ0) is 62.0. The van der Waals surface area contributed by atoms with Crippen molar-refractivity contribution in [2.24, 2.45) is 5.73 Å². The maximum Gasteiger partial charge on any atom is 0.245 e. The van der Waals surface area contributed by atoms with Gasteiger partial charge in [-0.05, 0) is 27.4 Å². The quantitative estimate of drug-likeness (QED) is 0.0243. The number of rotatable bonds is 48. The average molecular weight is 1180 g/mol. The van der Waals surface area contributed by atoms with Crippen LogP contribution in [-0.2, 0) is 66.9 Å². The van der Waals surface area contributed by atoms with E-state index in [1.165, 1.54) is 0 Å². The Hall–Kier alpha value is -7.06. The third-order valence-corrected chi connectivity index (χ3v) is 12.7. The molecule has 0 rings (SSSR count). The number of carbonyl (C=O) groups excluding carboxylic acids is 13. The maximum absolute atomic E-state index is 13.0. The topological polar surface area (TPSA) is 599 Å². The molecular weight excluding hydrogens is 1110 g/mol. The largest absolute Gasteiger partial charge is 0.810 e. The lowest BCUT2D eigenvalue weighted by Crippen LogP contribution is -2.54. The summed E-state index contributed by atoms with van der Waals surface area (Å²) in [7, 11) is -5.82. The van der Waals surface area contributed by atoms with Crippen molar-refractivity contribution in [2.75, 3.05) is 131 Å². The number of nitrogens with zero attached hydrogens (tertiary/aromatic N) is 6. The van der Waals surface area contributed by atoms with Crippen LogP contribution in [-0.4, -0.2) is 262 Å². The third-order valence-electron chi connectivity index (χ3n) is 11.4. The van der Waals surface area contributed by atoms with Crippen molar-refractivity contribution in [1.82, 2.24) is 61.7 Å². The minimum absolute atomic E-state index is 0.0401. The van der Waals surface area contributed by atoms with E-state index in [2.05, 4.69) is 26.6 Å². The van der Waals surface area contributed by atoms with Gasteiger partial charge >= 0.3 is 0 Å². The molecule has 0 saturated carbocycles. The molecule has 4 unspecified atom stereocenters. The highest BCUT2D eigenvalue weighted by molar-refractivity contribution is 7.49. The van der Waals surface area contributed by atoms with Gasteiger partial charge in [-0.25, -0.2) is 5.73 Å². The predicted octanol–water partition coefficient (Wildman–Crippen LogP) is -20.1. The number of carboxylic acid groups (broad SMARTS) is 8. The van der Waals surface area contributed by atoms with Crippen molar-refractivity contribution in [3.63, 3.8) is 0 Å². The van der Waals surface area contributed by atoms with Gasteiger partial charge in [0.05, 0.1) is 54.4 Å². The van der Waals surface area contributed by atoms with Crippen LogP contribution in [0.5, 0.6) is 0 Å². The predicted molar refractivity (Wildman–Crippen MR) is 248 cm³/mol. The maximum atomic E-state index is 13.0. The van der Waals surface area contributed by atoms with Gasteiger partial charge in [0.25, 0.3) is 0 Å². The molecule has 0 aromatic heterocycles. The first kappa shape index (κ1) is 73.9. The zero-order valence-corrected chi connectivity index (χ0v) is 44.9. The molecule has 38 heteroatoms. The number of nitrogens with one attached hydrogen (secondary N) is 6. The first-order chi connectivity index (χ1) is 37.7. The minimum atomic E-state index is -5.82. The summed E-state index contributed by atoms with van der Waals surface area (Å²) >= 11 is 0. The highest BCUT2D eigenvalue weighted by Crippen LogP contribution is 2.37. The molecule has 461 valence electrons. The summed E-state index contributed by atoms with van der Waals surface area (Å²) in [6.45, 7) is -10.8. The van der Waals surface area contributed by atoms with E-state index < -0.39 is 233 Å². The number of hydrogen-bond acceptors (Lipinski definition) is 31. The SMILES string of the molecule is CC(CCC(=O)NCC([NH])C(=O)NCCC(=O)NC(CNC(=O)CCC(N(CCN(CC(=O)[O-])CC(=O)[O-])CCN(CC(=O)[O-])CC(=O)[O-])P(=O)([O-])[O-])C(=O)NCN)N(CCN(CC(=O)[O-])CC(=O)[O-])CCN(CC(=O)[O-])CC(=O)[O-]. The van der Waals surface area contributed by atoms with E-state index in [4.69, 9.17) is 11.5 Å². The van der Waals surface area contributed by atoms with Crippen LogP contribution in [0.4, 0.5) is 0 Å². The Balaban J connectivity index is 5.71. The molecule has 0 aromatic rings. The number of aliphatic carboxylic acids is 8. The van der Waals surface area contributed by atoms with Gasteiger partial charge in [0.1, 0.15) is 12.1 Å². The smallest absolute Gasteiger partial charge is 0.245 e. The summed E-state index contributed by atoms with van der Waals surface area (Å²) in [4.78, 5) is 185. The monoisotopic (exact) mass is 1180 g/mol. The Kier molecular flexibility index (Phi) is 35.9. The first-order valence-corrected chi connectivity index (χ1v) is 26.1. The fourth-order valence-corrected chi connectivity index (χ4v) is 8.58. The fraction of sp³-hybridized carbons (Fsp3) is 0.698. The molecule has 81 heavy (non-hydrogen) atoms. The van der Waals surface area contributed by atoms with Gasteiger partial charge in [-0.15, -0.1) is 0 Å². The van der Waals surface area contributed by atoms with Crippen LogP contribution in [0.15, 0.2) is 0 Å². The lowest BCUT2D eigenvalue weighted by atomic mass is 10.1.